The first-order valence-electron chi connectivity index (χ1n) is 9.01. The SMILES string of the molecule is COC(=O)[C@@H](CC(C)C)Nc1ccccc1C#CCNC(=O)OC(C)(C)C. The van der Waals surface area contributed by atoms with E-state index < -0.39 is 17.7 Å². The molecule has 6 heteroatoms. The maximum atomic E-state index is 12.0. The lowest BCUT2D eigenvalue weighted by molar-refractivity contribution is -0.141. The lowest BCUT2D eigenvalue weighted by Gasteiger charge is -2.20. The molecule has 0 spiro atoms. The summed E-state index contributed by atoms with van der Waals surface area (Å²) in [5.41, 5.74) is 0.937. The topological polar surface area (TPSA) is 76.7 Å². The van der Waals surface area contributed by atoms with Crippen molar-refractivity contribution in [3.05, 3.63) is 29.8 Å². The molecule has 0 aromatic heterocycles. The maximum Gasteiger partial charge on any atom is 0.408 e. The molecule has 27 heavy (non-hydrogen) atoms. The molecule has 0 unspecified atom stereocenters. The number of nitrogens with one attached hydrogen (secondary N) is 2. The molecular weight excluding hydrogens is 344 g/mol. The largest absolute Gasteiger partial charge is 0.467 e. The zero-order valence-electron chi connectivity index (χ0n) is 17.0. The van der Waals surface area contributed by atoms with E-state index in [1.54, 1.807) is 20.8 Å². The van der Waals surface area contributed by atoms with Crippen LogP contribution < -0.4 is 10.6 Å². The van der Waals surface area contributed by atoms with Crippen LogP contribution in [0.25, 0.3) is 0 Å². The molecule has 0 saturated carbocycles. The fourth-order valence-electron chi connectivity index (χ4n) is 2.30. The summed E-state index contributed by atoms with van der Waals surface area (Å²) in [5, 5.41) is 5.82. The number of esters is 1. The van der Waals surface area contributed by atoms with Gasteiger partial charge >= 0.3 is 12.1 Å². The Morgan fingerprint density at radius 1 is 1.19 bits per heavy atom. The van der Waals surface area contributed by atoms with Crippen LogP contribution in [0.5, 0.6) is 0 Å². The number of alkyl carbamates (subject to hydrolysis) is 1. The summed E-state index contributed by atoms with van der Waals surface area (Å²) in [7, 11) is 1.38. The van der Waals surface area contributed by atoms with Crippen LogP contribution in [0.4, 0.5) is 10.5 Å². The number of rotatable bonds is 6. The highest BCUT2D eigenvalue weighted by Gasteiger charge is 2.21. The van der Waals surface area contributed by atoms with Crippen molar-refractivity contribution < 1.29 is 19.1 Å². The van der Waals surface area contributed by atoms with Crippen molar-refractivity contribution in [3.63, 3.8) is 0 Å². The Labute approximate surface area is 162 Å². The summed E-state index contributed by atoms with van der Waals surface area (Å²) in [6.07, 6.45) is 0.139. The van der Waals surface area contributed by atoms with Gasteiger partial charge in [-0.3, -0.25) is 0 Å². The first-order valence-corrected chi connectivity index (χ1v) is 9.01. The van der Waals surface area contributed by atoms with Gasteiger partial charge in [-0.25, -0.2) is 9.59 Å². The number of methoxy groups -OCH3 is 1. The quantitative estimate of drug-likeness (QED) is 0.588. The minimum atomic E-state index is -0.548. The second kappa shape index (κ2) is 10.5. The molecule has 0 aliphatic carbocycles. The van der Waals surface area contributed by atoms with E-state index in [0.29, 0.717) is 12.3 Å². The molecule has 1 aromatic rings. The van der Waals surface area contributed by atoms with Gasteiger partial charge in [0.1, 0.15) is 11.6 Å². The maximum absolute atomic E-state index is 12.0. The highest BCUT2D eigenvalue weighted by molar-refractivity contribution is 5.80. The third-order valence-electron chi connectivity index (χ3n) is 3.39. The smallest absolute Gasteiger partial charge is 0.408 e. The van der Waals surface area contributed by atoms with E-state index in [0.717, 1.165) is 11.3 Å². The van der Waals surface area contributed by atoms with Crippen LogP contribution in [-0.2, 0) is 14.3 Å². The highest BCUT2D eigenvalue weighted by Crippen LogP contribution is 2.18. The van der Waals surface area contributed by atoms with E-state index in [4.69, 9.17) is 9.47 Å². The third-order valence-corrected chi connectivity index (χ3v) is 3.39. The van der Waals surface area contributed by atoms with Crippen molar-refractivity contribution in [2.24, 2.45) is 5.92 Å². The molecule has 0 saturated heterocycles. The van der Waals surface area contributed by atoms with Gasteiger partial charge in [0.2, 0.25) is 0 Å². The molecule has 6 nitrogen and oxygen atoms in total. The van der Waals surface area contributed by atoms with Crippen LogP contribution in [0.2, 0.25) is 0 Å². The number of amides is 1. The van der Waals surface area contributed by atoms with Gasteiger partial charge in [-0.1, -0.05) is 37.8 Å². The van der Waals surface area contributed by atoms with E-state index in [1.807, 2.05) is 38.1 Å². The summed E-state index contributed by atoms with van der Waals surface area (Å²) >= 11 is 0. The number of hydrogen-bond donors (Lipinski definition) is 2. The fraction of sp³-hybridized carbons (Fsp3) is 0.524. The van der Waals surface area contributed by atoms with Gasteiger partial charge in [-0.05, 0) is 45.2 Å². The predicted octanol–water partition coefficient (Wildman–Crippen LogP) is 3.56. The number of benzene rings is 1. The molecule has 1 amide bonds. The first-order chi connectivity index (χ1) is 12.6. The first kappa shape index (κ1) is 22.4. The highest BCUT2D eigenvalue weighted by atomic mass is 16.6. The number of carbonyl (C=O) groups excluding carboxylic acids is 2. The average molecular weight is 374 g/mol. The Balaban J connectivity index is 2.79. The van der Waals surface area contributed by atoms with Crippen molar-refractivity contribution in [2.75, 3.05) is 19.0 Å². The molecule has 0 aliphatic heterocycles. The zero-order chi connectivity index (χ0) is 20.4. The molecule has 0 aliphatic rings. The Kier molecular flexibility index (Phi) is 8.67. The van der Waals surface area contributed by atoms with Crippen molar-refractivity contribution in [2.45, 2.75) is 52.7 Å². The normalized spacial score (nSPS) is 11.8. The molecule has 2 N–H and O–H groups in total. The number of carbonyl (C=O) groups is 2. The summed E-state index contributed by atoms with van der Waals surface area (Å²) in [5.74, 6) is 5.93. The van der Waals surface area contributed by atoms with Gasteiger partial charge < -0.3 is 20.1 Å². The summed E-state index contributed by atoms with van der Waals surface area (Å²) in [4.78, 5) is 23.7. The van der Waals surface area contributed by atoms with E-state index in [1.165, 1.54) is 7.11 Å². The van der Waals surface area contributed by atoms with Crippen LogP contribution in [0.1, 0.15) is 46.6 Å². The fourth-order valence-corrected chi connectivity index (χ4v) is 2.30. The zero-order valence-corrected chi connectivity index (χ0v) is 17.0. The summed E-state index contributed by atoms with van der Waals surface area (Å²) < 4.78 is 10.1. The second-order valence-corrected chi connectivity index (χ2v) is 7.55. The Bertz CT molecular complexity index is 696. The van der Waals surface area contributed by atoms with Gasteiger partial charge in [-0.2, -0.15) is 0 Å². The van der Waals surface area contributed by atoms with E-state index in [-0.39, 0.29) is 12.5 Å². The minimum absolute atomic E-state index is 0.162. The van der Waals surface area contributed by atoms with Crippen LogP contribution in [0.3, 0.4) is 0 Å². The Morgan fingerprint density at radius 2 is 1.85 bits per heavy atom. The molecule has 1 aromatic carbocycles. The lowest BCUT2D eigenvalue weighted by Crippen LogP contribution is -2.32. The lowest BCUT2D eigenvalue weighted by atomic mass is 10.0. The van der Waals surface area contributed by atoms with Gasteiger partial charge in [0.05, 0.1) is 19.3 Å². The monoisotopic (exact) mass is 374 g/mol. The molecule has 0 radical (unpaired) electrons. The number of anilines is 1. The number of hydrogen-bond acceptors (Lipinski definition) is 5. The van der Waals surface area contributed by atoms with Gasteiger partial charge in [0.15, 0.2) is 0 Å². The average Bonchev–Trinajstić information content (AvgIpc) is 2.56. The number of para-hydroxylation sites is 1. The van der Waals surface area contributed by atoms with Crippen LogP contribution in [-0.4, -0.2) is 37.4 Å². The number of ether oxygens (including phenoxy) is 2. The van der Waals surface area contributed by atoms with Crippen molar-refractivity contribution in [3.8, 4) is 11.8 Å². The van der Waals surface area contributed by atoms with Crippen molar-refractivity contribution >= 4 is 17.7 Å². The predicted molar refractivity (Wildman–Crippen MR) is 106 cm³/mol. The molecule has 1 atom stereocenters. The third kappa shape index (κ3) is 9.00. The molecule has 0 fully saturated rings. The summed E-state index contributed by atoms with van der Waals surface area (Å²) in [6, 6.07) is 7.01. The molecule has 0 heterocycles. The van der Waals surface area contributed by atoms with Gasteiger partial charge in [0, 0.05) is 5.56 Å². The van der Waals surface area contributed by atoms with Gasteiger partial charge in [0.25, 0.3) is 0 Å². The Morgan fingerprint density at radius 3 is 2.44 bits per heavy atom. The molecule has 0 bridgehead atoms. The Hall–Kier alpha value is -2.68. The standard InChI is InChI=1S/C21H30N2O4/c1-15(2)14-18(19(24)26-6)23-17-12-8-7-10-16(17)11-9-13-22-20(25)27-21(3,4)5/h7-8,10,12,15,18,23H,13-14H2,1-6H3,(H,22,25)/t18-/m1/s1. The minimum Gasteiger partial charge on any atom is -0.467 e. The van der Waals surface area contributed by atoms with E-state index in [9.17, 15) is 9.59 Å². The molecular formula is C21H30N2O4. The van der Waals surface area contributed by atoms with Crippen LogP contribution in [0, 0.1) is 17.8 Å². The second-order valence-electron chi connectivity index (χ2n) is 7.55. The molecule has 148 valence electrons. The van der Waals surface area contributed by atoms with Crippen LogP contribution >= 0.6 is 0 Å². The van der Waals surface area contributed by atoms with Gasteiger partial charge in [-0.15, -0.1) is 0 Å². The van der Waals surface area contributed by atoms with Crippen molar-refractivity contribution in [1.82, 2.24) is 5.32 Å². The molecule has 1 rings (SSSR count). The summed E-state index contributed by atoms with van der Waals surface area (Å²) in [6.45, 7) is 9.66. The van der Waals surface area contributed by atoms with Crippen LogP contribution in [0.15, 0.2) is 24.3 Å². The van der Waals surface area contributed by atoms with E-state index in [2.05, 4.69) is 22.5 Å². The van der Waals surface area contributed by atoms with Crippen molar-refractivity contribution in [1.29, 1.82) is 0 Å². The van der Waals surface area contributed by atoms with E-state index >= 15 is 0 Å².